The van der Waals surface area contributed by atoms with E-state index < -0.39 is 0 Å². The third kappa shape index (κ3) is 1.87. The van der Waals surface area contributed by atoms with Gasteiger partial charge in [-0.25, -0.2) is 0 Å². The Kier molecular flexibility index (Phi) is 2.69. The first-order chi connectivity index (χ1) is 8.36. The van der Waals surface area contributed by atoms with Crippen LogP contribution in [0.15, 0.2) is 36.5 Å². The Hall–Kier alpha value is -1.61. The number of aromatic nitrogens is 1. The third-order valence-electron chi connectivity index (χ3n) is 3.58. The summed E-state index contributed by atoms with van der Waals surface area (Å²) in [6.07, 6.45) is 3.07. The molecule has 17 heavy (non-hydrogen) atoms. The summed E-state index contributed by atoms with van der Waals surface area (Å²) in [6, 6.07) is 11.1. The number of anilines is 1. The molecule has 1 aliphatic heterocycles. The van der Waals surface area contributed by atoms with Gasteiger partial charge in [0, 0.05) is 36.9 Å². The fourth-order valence-corrected chi connectivity index (χ4v) is 2.56. The monoisotopic (exact) mass is 227 g/mol. The predicted octanol–water partition coefficient (Wildman–Crippen LogP) is 2.03. The average Bonchev–Trinajstić information content (AvgIpc) is 2.91. The molecule has 3 heteroatoms. The minimum Gasteiger partial charge on any atom is -0.370 e. The fourth-order valence-electron chi connectivity index (χ4n) is 2.56. The van der Waals surface area contributed by atoms with Crippen LogP contribution in [0, 0.1) is 0 Å². The number of benzene rings is 1. The lowest BCUT2D eigenvalue weighted by Crippen LogP contribution is -2.33. The molecule has 1 aliphatic rings. The van der Waals surface area contributed by atoms with Gasteiger partial charge >= 0.3 is 0 Å². The lowest BCUT2D eigenvalue weighted by molar-refractivity contribution is 0.687. The van der Waals surface area contributed by atoms with Gasteiger partial charge in [0.1, 0.15) is 0 Å². The molecule has 2 heterocycles. The first-order valence-electron chi connectivity index (χ1n) is 6.13. The minimum absolute atomic E-state index is 0.598. The summed E-state index contributed by atoms with van der Waals surface area (Å²) >= 11 is 0. The summed E-state index contributed by atoms with van der Waals surface area (Å²) in [4.78, 5) is 6.79. The number of nitrogens with one attached hydrogen (secondary N) is 1. The molecule has 0 spiro atoms. The predicted molar refractivity (Wildman–Crippen MR) is 71.4 cm³/mol. The molecular formula is C14H17N3. The molecular weight excluding hydrogens is 210 g/mol. The second kappa shape index (κ2) is 4.34. The molecule has 2 aromatic rings. The molecule has 1 aromatic carbocycles. The molecule has 1 fully saturated rings. The maximum Gasteiger partial charge on any atom is 0.0722 e. The number of hydrogen-bond donors (Lipinski definition) is 1. The van der Waals surface area contributed by atoms with Crippen LogP contribution in [-0.4, -0.2) is 31.2 Å². The molecule has 1 aromatic heterocycles. The zero-order valence-electron chi connectivity index (χ0n) is 10.1. The Morgan fingerprint density at radius 3 is 3.06 bits per heavy atom. The molecule has 0 aliphatic carbocycles. The molecule has 0 radical (unpaired) electrons. The van der Waals surface area contributed by atoms with Crippen molar-refractivity contribution in [3.8, 4) is 0 Å². The maximum absolute atomic E-state index is 4.41. The Morgan fingerprint density at radius 2 is 2.24 bits per heavy atom. The van der Waals surface area contributed by atoms with E-state index in [2.05, 4.69) is 46.5 Å². The molecule has 1 unspecified atom stereocenters. The van der Waals surface area contributed by atoms with Gasteiger partial charge < -0.3 is 10.2 Å². The Labute approximate surface area is 101 Å². The second-order valence-corrected chi connectivity index (χ2v) is 4.60. The lowest BCUT2D eigenvalue weighted by Gasteiger charge is -2.27. The SMILES string of the molecule is CN(c1cccc2ncccc12)C1CCNC1. The van der Waals surface area contributed by atoms with E-state index in [1.807, 2.05) is 12.3 Å². The summed E-state index contributed by atoms with van der Waals surface area (Å²) in [5.74, 6) is 0. The van der Waals surface area contributed by atoms with Crippen molar-refractivity contribution >= 4 is 16.6 Å². The van der Waals surface area contributed by atoms with Crippen LogP contribution in [0.25, 0.3) is 10.9 Å². The van der Waals surface area contributed by atoms with E-state index in [4.69, 9.17) is 0 Å². The number of fused-ring (bicyclic) bond motifs is 1. The highest BCUT2D eigenvalue weighted by Gasteiger charge is 2.20. The van der Waals surface area contributed by atoms with Crippen LogP contribution < -0.4 is 10.2 Å². The van der Waals surface area contributed by atoms with Crippen molar-refractivity contribution in [2.24, 2.45) is 0 Å². The first-order valence-corrected chi connectivity index (χ1v) is 6.13. The molecule has 0 amide bonds. The average molecular weight is 227 g/mol. The largest absolute Gasteiger partial charge is 0.370 e. The Morgan fingerprint density at radius 1 is 1.29 bits per heavy atom. The summed E-state index contributed by atoms with van der Waals surface area (Å²) in [6.45, 7) is 2.20. The molecule has 3 rings (SSSR count). The molecule has 0 saturated carbocycles. The van der Waals surface area contributed by atoms with Crippen LogP contribution in [0.5, 0.6) is 0 Å². The van der Waals surface area contributed by atoms with E-state index in [0.29, 0.717) is 6.04 Å². The van der Waals surface area contributed by atoms with E-state index >= 15 is 0 Å². The minimum atomic E-state index is 0.598. The van der Waals surface area contributed by atoms with Crippen molar-refractivity contribution in [1.82, 2.24) is 10.3 Å². The van der Waals surface area contributed by atoms with Gasteiger partial charge in [-0.05, 0) is 37.2 Å². The van der Waals surface area contributed by atoms with Gasteiger partial charge in [-0.2, -0.15) is 0 Å². The van der Waals surface area contributed by atoms with Crippen LogP contribution in [0.2, 0.25) is 0 Å². The van der Waals surface area contributed by atoms with Gasteiger partial charge in [0.05, 0.1) is 5.52 Å². The van der Waals surface area contributed by atoms with E-state index in [-0.39, 0.29) is 0 Å². The number of rotatable bonds is 2. The summed E-state index contributed by atoms with van der Waals surface area (Å²) in [7, 11) is 2.18. The van der Waals surface area contributed by atoms with Crippen molar-refractivity contribution in [1.29, 1.82) is 0 Å². The highest BCUT2D eigenvalue weighted by molar-refractivity contribution is 5.91. The number of pyridine rings is 1. The van der Waals surface area contributed by atoms with Gasteiger partial charge in [0.15, 0.2) is 0 Å². The normalized spacial score (nSPS) is 19.7. The molecule has 3 nitrogen and oxygen atoms in total. The van der Waals surface area contributed by atoms with E-state index in [1.165, 1.54) is 17.5 Å². The van der Waals surface area contributed by atoms with Crippen molar-refractivity contribution in [2.75, 3.05) is 25.0 Å². The molecule has 1 N–H and O–H groups in total. The van der Waals surface area contributed by atoms with Crippen LogP contribution in [-0.2, 0) is 0 Å². The van der Waals surface area contributed by atoms with Crippen molar-refractivity contribution in [3.63, 3.8) is 0 Å². The zero-order valence-corrected chi connectivity index (χ0v) is 10.1. The van der Waals surface area contributed by atoms with Crippen molar-refractivity contribution in [2.45, 2.75) is 12.5 Å². The molecule has 88 valence electrons. The smallest absolute Gasteiger partial charge is 0.0722 e. The highest BCUT2D eigenvalue weighted by Crippen LogP contribution is 2.26. The van der Waals surface area contributed by atoms with E-state index in [0.717, 1.165) is 18.6 Å². The number of likely N-dealkylation sites (N-methyl/N-ethyl adjacent to an activating group) is 1. The lowest BCUT2D eigenvalue weighted by atomic mass is 10.1. The number of hydrogen-bond acceptors (Lipinski definition) is 3. The highest BCUT2D eigenvalue weighted by atomic mass is 15.2. The summed E-state index contributed by atoms with van der Waals surface area (Å²) < 4.78 is 0. The zero-order chi connectivity index (χ0) is 11.7. The number of nitrogens with zero attached hydrogens (tertiary/aromatic N) is 2. The maximum atomic E-state index is 4.41. The van der Waals surface area contributed by atoms with E-state index in [9.17, 15) is 0 Å². The van der Waals surface area contributed by atoms with Gasteiger partial charge in [0.2, 0.25) is 0 Å². The van der Waals surface area contributed by atoms with Crippen LogP contribution in [0.4, 0.5) is 5.69 Å². The van der Waals surface area contributed by atoms with Crippen molar-refractivity contribution in [3.05, 3.63) is 36.5 Å². The Bertz CT molecular complexity index is 512. The van der Waals surface area contributed by atoms with Crippen LogP contribution in [0.1, 0.15) is 6.42 Å². The van der Waals surface area contributed by atoms with Gasteiger partial charge in [-0.15, -0.1) is 0 Å². The van der Waals surface area contributed by atoms with Crippen molar-refractivity contribution < 1.29 is 0 Å². The molecule has 1 saturated heterocycles. The van der Waals surface area contributed by atoms with E-state index in [1.54, 1.807) is 0 Å². The first kappa shape index (κ1) is 10.5. The molecule has 0 bridgehead atoms. The third-order valence-corrected chi connectivity index (χ3v) is 3.58. The topological polar surface area (TPSA) is 28.2 Å². The fraction of sp³-hybridized carbons (Fsp3) is 0.357. The van der Waals surface area contributed by atoms with Crippen LogP contribution in [0.3, 0.4) is 0 Å². The molecule has 1 atom stereocenters. The second-order valence-electron chi connectivity index (χ2n) is 4.60. The van der Waals surface area contributed by atoms with Crippen LogP contribution >= 0.6 is 0 Å². The standard InChI is InChI=1S/C14H17N3/c1-17(11-7-9-15-10-11)14-6-2-5-13-12(14)4-3-8-16-13/h2-6,8,11,15H,7,9-10H2,1H3. The summed E-state index contributed by atoms with van der Waals surface area (Å²) in [5, 5.41) is 4.65. The summed E-state index contributed by atoms with van der Waals surface area (Å²) in [5.41, 5.74) is 2.35. The van der Waals surface area contributed by atoms with Gasteiger partial charge in [0.25, 0.3) is 0 Å². The van der Waals surface area contributed by atoms with Gasteiger partial charge in [-0.3, -0.25) is 4.98 Å². The Balaban J connectivity index is 2.04. The quantitative estimate of drug-likeness (QED) is 0.851. The van der Waals surface area contributed by atoms with Gasteiger partial charge in [-0.1, -0.05) is 6.07 Å².